The van der Waals surface area contributed by atoms with Crippen LogP contribution in [0.2, 0.25) is 0 Å². The smallest absolute Gasteiger partial charge is 0.338 e. The molecule has 1 fully saturated rings. The molecule has 1 aliphatic rings. The third kappa shape index (κ3) is 5.46. The molecular formula is C26H29N3O6. The van der Waals surface area contributed by atoms with Crippen molar-refractivity contribution in [3.63, 3.8) is 0 Å². The number of aromatic nitrogens is 2. The molecule has 9 heteroatoms. The monoisotopic (exact) mass is 479 g/mol. The Bertz CT molecular complexity index is 1240. The van der Waals surface area contributed by atoms with Crippen LogP contribution in [0.3, 0.4) is 0 Å². The Labute approximate surface area is 203 Å². The van der Waals surface area contributed by atoms with Crippen LogP contribution in [0, 0.1) is 6.92 Å². The van der Waals surface area contributed by atoms with Gasteiger partial charge >= 0.3 is 5.97 Å². The molecule has 0 saturated carbocycles. The van der Waals surface area contributed by atoms with Gasteiger partial charge in [0.2, 0.25) is 0 Å². The lowest BCUT2D eigenvalue weighted by Crippen LogP contribution is -2.32. The third-order valence-corrected chi connectivity index (χ3v) is 6.01. The van der Waals surface area contributed by atoms with Crippen molar-refractivity contribution in [3.8, 4) is 11.4 Å². The third-order valence-electron chi connectivity index (χ3n) is 6.01. The average Bonchev–Trinajstić information content (AvgIpc) is 3.46. The molecule has 0 radical (unpaired) electrons. The van der Waals surface area contributed by atoms with Gasteiger partial charge in [0.1, 0.15) is 18.0 Å². The van der Waals surface area contributed by atoms with Gasteiger partial charge in [-0.05, 0) is 63.1 Å². The van der Waals surface area contributed by atoms with Crippen molar-refractivity contribution in [3.05, 3.63) is 76.2 Å². The predicted molar refractivity (Wildman–Crippen MR) is 130 cm³/mol. The molecule has 9 nitrogen and oxygen atoms in total. The standard InChI is InChI=1S/C26H29N3O6/c1-17-23(25(31)29(28(17)3)20-8-5-4-6-9-20)27-24(30)18(2)35-26(32)19-11-13-21(14-12-19)34-16-22-10-7-15-33-22/h4-6,8-9,11-14,18,22H,7,10,15-16H2,1-3H3,(H,27,30). The quantitative estimate of drug-likeness (QED) is 0.498. The highest BCUT2D eigenvalue weighted by molar-refractivity contribution is 5.97. The van der Waals surface area contributed by atoms with E-state index in [2.05, 4.69) is 5.32 Å². The van der Waals surface area contributed by atoms with Crippen molar-refractivity contribution in [1.82, 2.24) is 9.36 Å². The van der Waals surface area contributed by atoms with Gasteiger partial charge in [0.25, 0.3) is 11.5 Å². The molecule has 0 bridgehead atoms. The highest BCUT2D eigenvalue weighted by atomic mass is 16.5. The average molecular weight is 480 g/mol. The molecule has 1 amide bonds. The van der Waals surface area contributed by atoms with Crippen molar-refractivity contribution in [1.29, 1.82) is 0 Å². The van der Waals surface area contributed by atoms with E-state index >= 15 is 0 Å². The number of amides is 1. The summed E-state index contributed by atoms with van der Waals surface area (Å²) in [5, 5.41) is 2.62. The number of rotatable bonds is 8. The maximum atomic E-state index is 13.0. The van der Waals surface area contributed by atoms with Gasteiger partial charge in [0.15, 0.2) is 6.10 Å². The lowest BCUT2D eigenvalue weighted by Gasteiger charge is -2.14. The molecule has 1 aromatic heterocycles. The number of benzene rings is 2. The Morgan fingerprint density at radius 2 is 1.86 bits per heavy atom. The Balaban J connectivity index is 1.37. The van der Waals surface area contributed by atoms with Crippen molar-refractivity contribution >= 4 is 17.6 Å². The fourth-order valence-corrected chi connectivity index (χ4v) is 3.87. The van der Waals surface area contributed by atoms with E-state index < -0.39 is 18.0 Å². The number of ether oxygens (including phenoxy) is 3. The first kappa shape index (κ1) is 24.3. The van der Waals surface area contributed by atoms with Crippen LogP contribution in [-0.4, -0.2) is 46.7 Å². The number of hydrogen-bond acceptors (Lipinski definition) is 6. The number of nitrogens with zero attached hydrogens (tertiary/aromatic N) is 2. The van der Waals surface area contributed by atoms with Crippen LogP contribution >= 0.6 is 0 Å². The maximum Gasteiger partial charge on any atom is 0.338 e. The van der Waals surface area contributed by atoms with Gasteiger partial charge in [0.05, 0.1) is 23.0 Å². The SMILES string of the molecule is Cc1c(NC(=O)C(C)OC(=O)c2ccc(OCC3CCCO3)cc2)c(=O)n(-c2ccccc2)n1C. The van der Waals surface area contributed by atoms with Gasteiger partial charge in [-0.2, -0.15) is 0 Å². The summed E-state index contributed by atoms with van der Waals surface area (Å²) < 4.78 is 19.7. The van der Waals surface area contributed by atoms with Crippen LogP contribution in [0.5, 0.6) is 5.75 Å². The van der Waals surface area contributed by atoms with E-state index in [0.29, 0.717) is 23.7 Å². The van der Waals surface area contributed by atoms with Crippen molar-refractivity contribution in [2.75, 3.05) is 18.5 Å². The minimum absolute atomic E-state index is 0.101. The fraction of sp³-hybridized carbons (Fsp3) is 0.346. The second-order valence-corrected chi connectivity index (χ2v) is 8.44. The summed E-state index contributed by atoms with van der Waals surface area (Å²) in [6.07, 6.45) is 1.01. The van der Waals surface area contributed by atoms with E-state index in [1.807, 2.05) is 18.2 Å². The number of anilines is 1. The first-order valence-corrected chi connectivity index (χ1v) is 11.6. The summed E-state index contributed by atoms with van der Waals surface area (Å²) in [6, 6.07) is 15.6. The van der Waals surface area contributed by atoms with Crippen LogP contribution < -0.4 is 15.6 Å². The zero-order chi connectivity index (χ0) is 24.9. The molecule has 1 N–H and O–H groups in total. The van der Waals surface area contributed by atoms with Crippen molar-refractivity contribution < 1.29 is 23.8 Å². The van der Waals surface area contributed by atoms with Crippen LogP contribution in [-0.2, 0) is 21.3 Å². The lowest BCUT2D eigenvalue weighted by molar-refractivity contribution is -0.123. The van der Waals surface area contributed by atoms with Gasteiger partial charge in [-0.3, -0.25) is 14.3 Å². The Kier molecular flexibility index (Phi) is 7.36. The summed E-state index contributed by atoms with van der Waals surface area (Å²) in [6.45, 7) is 4.42. The Morgan fingerprint density at radius 3 is 2.51 bits per heavy atom. The molecule has 4 rings (SSSR count). The molecule has 2 atom stereocenters. The van der Waals surface area contributed by atoms with Gasteiger partial charge < -0.3 is 19.5 Å². The Hall–Kier alpha value is -3.85. The summed E-state index contributed by atoms with van der Waals surface area (Å²) in [5.74, 6) is -0.622. The fourth-order valence-electron chi connectivity index (χ4n) is 3.87. The van der Waals surface area contributed by atoms with Crippen LogP contribution in [0.4, 0.5) is 5.69 Å². The zero-order valence-corrected chi connectivity index (χ0v) is 20.0. The van der Waals surface area contributed by atoms with Gasteiger partial charge in [-0.15, -0.1) is 0 Å². The molecule has 35 heavy (non-hydrogen) atoms. The van der Waals surface area contributed by atoms with Crippen molar-refractivity contribution in [2.24, 2.45) is 7.05 Å². The molecule has 3 aromatic rings. The molecule has 2 heterocycles. The largest absolute Gasteiger partial charge is 0.491 e. The summed E-state index contributed by atoms with van der Waals surface area (Å²) in [7, 11) is 1.73. The normalized spacial score (nSPS) is 16.0. The number of para-hydroxylation sites is 1. The highest BCUT2D eigenvalue weighted by Crippen LogP contribution is 2.18. The van der Waals surface area contributed by atoms with Gasteiger partial charge in [-0.25, -0.2) is 9.48 Å². The van der Waals surface area contributed by atoms with Gasteiger partial charge in [-0.1, -0.05) is 18.2 Å². The van der Waals surface area contributed by atoms with E-state index in [1.54, 1.807) is 55.1 Å². The minimum atomic E-state index is -1.11. The lowest BCUT2D eigenvalue weighted by atomic mass is 10.2. The topological polar surface area (TPSA) is 101 Å². The summed E-state index contributed by atoms with van der Waals surface area (Å²) in [4.78, 5) is 38.2. The minimum Gasteiger partial charge on any atom is -0.491 e. The Morgan fingerprint density at radius 1 is 1.14 bits per heavy atom. The molecule has 2 aromatic carbocycles. The number of carbonyl (C=O) groups is 2. The zero-order valence-electron chi connectivity index (χ0n) is 20.0. The number of nitrogens with one attached hydrogen (secondary N) is 1. The summed E-state index contributed by atoms with van der Waals surface area (Å²) >= 11 is 0. The van der Waals surface area contributed by atoms with E-state index in [-0.39, 0.29) is 22.9 Å². The van der Waals surface area contributed by atoms with Crippen LogP contribution in [0.1, 0.15) is 35.8 Å². The van der Waals surface area contributed by atoms with Crippen LogP contribution in [0.25, 0.3) is 5.69 Å². The first-order valence-electron chi connectivity index (χ1n) is 11.6. The molecule has 0 spiro atoms. The van der Waals surface area contributed by atoms with E-state index in [0.717, 1.165) is 19.4 Å². The maximum absolute atomic E-state index is 13.0. The highest BCUT2D eigenvalue weighted by Gasteiger charge is 2.24. The van der Waals surface area contributed by atoms with Crippen molar-refractivity contribution in [2.45, 2.75) is 38.9 Å². The van der Waals surface area contributed by atoms with E-state index in [1.165, 1.54) is 11.6 Å². The number of hydrogen-bond donors (Lipinski definition) is 1. The molecular weight excluding hydrogens is 450 g/mol. The molecule has 1 aliphatic heterocycles. The second-order valence-electron chi connectivity index (χ2n) is 8.44. The molecule has 184 valence electrons. The first-order chi connectivity index (χ1) is 16.8. The van der Waals surface area contributed by atoms with Gasteiger partial charge in [0, 0.05) is 13.7 Å². The second kappa shape index (κ2) is 10.6. The molecule has 2 unspecified atom stereocenters. The predicted octanol–water partition coefficient (Wildman–Crippen LogP) is 3.23. The summed E-state index contributed by atoms with van der Waals surface area (Å²) in [5.41, 5.74) is 1.30. The molecule has 0 aliphatic carbocycles. The molecule has 1 saturated heterocycles. The van der Waals surface area contributed by atoms with Crippen LogP contribution in [0.15, 0.2) is 59.4 Å². The number of carbonyl (C=O) groups excluding carboxylic acids is 2. The van der Waals surface area contributed by atoms with E-state index in [9.17, 15) is 14.4 Å². The number of esters is 1. The van der Waals surface area contributed by atoms with E-state index in [4.69, 9.17) is 14.2 Å².